The summed E-state index contributed by atoms with van der Waals surface area (Å²) in [7, 11) is 1.08. The van der Waals surface area contributed by atoms with Crippen LogP contribution in [0.15, 0.2) is 36.1 Å². The number of carbonyl (C=O) groups is 2. The number of rotatable bonds is 10. The highest BCUT2D eigenvalue weighted by molar-refractivity contribution is 7.16. The number of hydrogen-bond donors (Lipinski definition) is 2. The molecule has 0 atom stereocenters. The molecular formula is C27H26F2N2O5S. The first-order chi connectivity index (χ1) is 17.8. The predicted octanol–water partition coefficient (Wildman–Crippen LogP) is 5.48. The Balaban J connectivity index is 1.54. The van der Waals surface area contributed by atoms with Crippen LogP contribution in [0.4, 0.5) is 13.9 Å². The van der Waals surface area contributed by atoms with E-state index in [0.717, 1.165) is 67.1 Å². The number of amides is 1. The molecule has 0 radical (unpaired) electrons. The molecule has 1 amide bonds. The van der Waals surface area contributed by atoms with Crippen LogP contribution < -0.4 is 5.32 Å². The van der Waals surface area contributed by atoms with Crippen molar-refractivity contribution < 1.29 is 33.0 Å². The van der Waals surface area contributed by atoms with Crippen molar-refractivity contribution in [3.63, 3.8) is 0 Å². The number of aliphatic carboxylic acids is 1. The van der Waals surface area contributed by atoms with Gasteiger partial charge in [0.15, 0.2) is 5.13 Å². The van der Waals surface area contributed by atoms with Gasteiger partial charge in [0.2, 0.25) is 5.76 Å². The lowest BCUT2D eigenvalue weighted by Crippen LogP contribution is -2.13. The number of halogens is 2. The number of ether oxygens (including phenoxy) is 2. The maximum absolute atomic E-state index is 14.6. The van der Waals surface area contributed by atoms with Gasteiger partial charge in [-0.1, -0.05) is 18.2 Å². The highest BCUT2D eigenvalue weighted by Crippen LogP contribution is 2.39. The van der Waals surface area contributed by atoms with Gasteiger partial charge in [-0.15, -0.1) is 11.3 Å². The van der Waals surface area contributed by atoms with Crippen LogP contribution in [0.3, 0.4) is 0 Å². The SMILES string of the molecule is CCOCCCc1cccc2c1CCc1sc(NC(=O)c3cc(F)c(C=C(OC)C(=O)O)c(F)c3)nc1-2. The van der Waals surface area contributed by atoms with Gasteiger partial charge < -0.3 is 14.6 Å². The number of anilines is 1. The van der Waals surface area contributed by atoms with E-state index >= 15 is 0 Å². The van der Waals surface area contributed by atoms with Gasteiger partial charge in [-0.3, -0.25) is 10.1 Å². The van der Waals surface area contributed by atoms with Gasteiger partial charge in [0.25, 0.3) is 5.91 Å². The number of thiazole rings is 1. The molecule has 1 aliphatic carbocycles. The van der Waals surface area contributed by atoms with E-state index in [0.29, 0.717) is 18.3 Å². The van der Waals surface area contributed by atoms with Crippen molar-refractivity contribution >= 4 is 34.4 Å². The number of carbonyl (C=O) groups excluding carboxylic acids is 1. The molecule has 7 nitrogen and oxygen atoms in total. The third-order valence-electron chi connectivity index (χ3n) is 6.03. The van der Waals surface area contributed by atoms with Crippen molar-refractivity contribution in [2.45, 2.75) is 32.6 Å². The summed E-state index contributed by atoms with van der Waals surface area (Å²) in [5.41, 5.74) is 3.49. The molecule has 0 spiro atoms. The molecule has 2 aromatic carbocycles. The minimum absolute atomic E-state index is 0.258. The molecule has 0 fully saturated rings. The molecule has 0 saturated carbocycles. The van der Waals surface area contributed by atoms with Crippen LogP contribution in [-0.4, -0.2) is 42.3 Å². The van der Waals surface area contributed by atoms with E-state index in [4.69, 9.17) is 9.84 Å². The van der Waals surface area contributed by atoms with E-state index in [1.54, 1.807) is 0 Å². The zero-order valence-corrected chi connectivity index (χ0v) is 21.2. The van der Waals surface area contributed by atoms with Gasteiger partial charge in [-0.2, -0.15) is 0 Å². The van der Waals surface area contributed by atoms with Crippen molar-refractivity contribution in [2.24, 2.45) is 0 Å². The summed E-state index contributed by atoms with van der Waals surface area (Å²) in [6.45, 7) is 3.39. The van der Waals surface area contributed by atoms with Crippen LogP contribution in [-0.2, 0) is 33.5 Å². The van der Waals surface area contributed by atoms with Crippen molar-refractivity contribution in [1.82, 2.24) is 4.98 Å². The van der Waals surface area contributed by atoms with Crippen LogP contribution >= 0.6 is 11.3 Å². The van der Waals surface area contributed by atoms with Crippen LogP contribution in [0.1, 0.15) is 45.3 Å². The van der Waals surface area contributed by atoms with Crippen LogP contribution in [0.5, 0.6) is 0 Å². The normalized spacial score (nSPS) is 12.6. The predicted molar refractivity (Wildman–Crippen MR) is 137 cm³/mol. The molecular weight excluding hydrogens is 502 g/mol. The topological polar surface area (TPSA) is 97.8 Å². The summed E-state index contributed by atoms with van der Waals surface area (Å²) in [6.07, 6.45) is 4.22. The van der Waals surface area contributed by atoms with E-state index in [1.165, 1.54) is 22.5 Å². The third-order valence-corrected chi connectivity index (χ3v) is 7.06. The van der Waals surface area contributed by atoms with E-state index < -0.39 is 34.8 Å². The number of benzene rings is 2. The molecule has 0 aliphatic heterocycles. The fourth-order valence-electron chi connectivity index (χ4n) is 4.28. The Morgan fingerprint density at radius 1 is 1.22 bits per heavy atom. The summed E-state index contributed by atoms with van der Waals surface area (Å²) in [6, 6.07) is 7.84. The number of carboxylic acids is 1. The quantitative estimate of drug-likeness (QED) is 0.205. The Kier molecular flexibility index (Phi) is 8.30. The Hall–Kier alpha value is -3.63. The number of methoxy groups -OCH3 is 1. The van der Waals surface area contributed by atoms with E-state index in [-0.39, 0.29) is 5.56 Å². The first-order valence-corrected chi connectivity index (χ1v) is 12.6. The van der Waals surface area contributed by atoms with Gasteiger partial charge in [-0.25, -0.2) is 18.6 Å². The van der Waals surface area contributed by atoms with Gasteiger partial charge in [0.1, 0.15) is 11.6 Å². The summed E-state index contributed by atoms with van der Waals surface area (Å²) in [5.74, 6) is -5.03. The number of nitrogens with zero attached hydrogens (tertiary/aromatic N) is 1. The zero-order chi connectivity index (χ0) is 26.5. The first-order valence-electron chi connectivity index (χ1n) is 11.8. The summed E-state index contributed by atoms with van der Waals surface area (Å²) in [4.78, 5) is 29.5. The minimum atomic E-state index is -1.48. The Morgan fingerprint density at radius 2 is 1.97 bits per heavy atom. The van der Waals surface area contributed by atoms with Gasteiger partial charge >= 0.3 is 5.97 Å². The lowest BCUT2D eigenvalue weighted by atomic mass is 9.88. The van der Waals surface area contributed by atoms with Crippen LogP contribution in [0.2, 0.25) is 0 Å². The molecule has 3 aromatic rings. The second-order valence-electron chi connectivity index (χ2n) is 8.36. The second kappa shape index (κ2) is 11.6. The van der Waals surface area contributed by atoms with Crippen LogP contribution in [0, 0.1) is 11.6 Å². The fourth-order valence-corrected chi connectivity index (χ4v) is 5.25. The largest absolute Gasteiger partial charge is 0.490 e. The summed E-state index contributed by atoms with van der Waals surface area (Å²) < 4.78 is 39.2. The number of aryl methyl sites for hydroxylation is 2. The van der Waals surface area contributed by atoms with Crippen molar-refractivity contribution in [3.05, 3.63) is 74.9 Å². The molecule has 4 rings (SSSR count). The zero-order valence-electron chi connectivity index (χ0n) is 20.4. The third kappa shape index (κ3) is 5.86. The van der Waals surface area contributed by atoms with Gasteiger partial charge in [0.05, 0.1) is 12.8 Å². The van der Waals surface area contributed by atoms with Crippen LogP contribution in [0.25, 0.3) is 17.3 Å². The number of hydrogen-bond acceptors (Lipinski definition) is 6. The average Bonchev–Trinajstić information content (AvgIpc) is 3.29. The molecule has 37 heavy (non-hydrogen) atoms. The maximum Gasteiger partial charge on any atom is 0.371 e. The molecule has 0 unspecified atom stereocenters. The number of aromatic nitrogens is 1. The Morgan fingerprint density at radius 3 is 2.65 bits per heavy atom. The average molecular weight is 529 g/mol. The molecule has 0 saturated heterocycles. The lowest BCUT2D eigenvalue weighted by Gasteiger charge is -2.18. The van der Waals surface area contributed by atoms with Crippen molar-refractivity contribution in [3.8, 4) is 11.3 Å². The molecule has 0 bridgehead atoms. The molecule has 10 heteroatoms. The lowest BCUT2D eigenvalue weighted by molar-refractivity contribution is -0.135. The first kappa shape index (κ1) is 26.4. The number of fused-ring (bicyclic) bond motifs is 3. The molecule has 1 aromatic heterocycles. The molecule has 1 heterocycles. The summed E-state index contributed by atoms with van der Waals surface area (Å²) in [5, 5.41) is 12.0. The number of nitrogens with one attached hydrogen (secondary N) is 1. The van der Waals surface area contributed by atoms with Crippen molar-refractivity contribution in [1.29, 1.82) is 0 Å². The minimum Gasteiger partial charge on any atom is -0.490 e. The fraction of sp³-hybridized carbons (Fsp3) is 0.296. The van der Waals surface area contributed by atoms with E-state index in [1.807, 2.05) is 19.1 Å². The highest BCUT2D eigenvalue weighted by atomic mass is 32.1. The maximum atomic E-state index is 14.6. The highest BCUT2D eigenvalue weighted by Gasteiger charge is 2.24. The van der Waals surface area contributed by atoms with Crippen molar-refractivity contribution in [2.75, 3.05) is 25.6 Å². The second-order valence-corrected chi connectivity index (χ2v) is 9.44. The number of carboxylic acid groups (broad SMARTS) is 1. The monoisotopic (exact) mass is 528 g/mol. The van der Waals surface area contributed by atoms with Gasteiger partial charge in [-0.05, 0) is 55.9 Å². The Bertz CT molecular complexity index is 1350. The standard InChI is InChI=1S/C27H26F2N2O5S/c1-3-36-11-5-7-15-6-4-8-18-17(15)9-10-23-24(18)30-27(37-23)31-25(32)16-12-20(28)19(21(29)13-16)14-22(35-2)26(33)34/h4,6,8,12-14H,3,5,7,9-11H2,1-2H3,(H,33,34)(H,30,31,32). The summed E-state index contributed by atoms with van der Waals surface area (Å²) >= 11 is 1.34. The molecule has 2 N–H and O–H groups in total. The molecule has 1 aliphatic rings. The molecule has 194 valence electrons. The smallest absolute Gasteiger partial charge is 0.371 e. The Labute approximate surface area is 216 Å². The van der Waals surface area contributed by atoms with E-state index in [9.17, 15) is 18.4 Å². The van der Waals surface area contributed by atoms with Gasteiger partial charge in [0, 0.05) is 40.9 Å². The van der Waals surface area contributed by atoms with E-state index in [2.05, 4.69) is 21.1 Å².